The largest absolute Gasteiger partial charge is 0.333 e. The first-order chi connectivity index (χ1) is 12.1. The maximum Gasteiger partial charge on any atom is 0.247 e. The van der Waals surface area contributed by atoms with E-state index >= 15 is 0 Å². The average molecular weight is 341 g/mol. The molecule has 1 amide bonds. The van der Waals surface area contributed by atoms with Crippen molar-refractivity contribution in [2.45, 2.75) is 37.8 Å². The second-order valence-electron chi connectivity index (χ2n) is 7.56. The van der Waals surface area contributed by atoms with E-state index in [-0.39, 0.29) is 5.91 Å². The van der Waals surface area contributed by atoms with E-state index in [1.54, 1.807) is 6.08 Å². The molecule has 0 aliphatic carbocycles. The number of nitrogens with zero attached hydrogens (tertiary/aromatic N) is 3. The second-order valence-corrected chi connectivity index (χ2v) is 7.56. The van der Waals surface area contributed by atoms with Gasteiger partial charge in [0.15, 0.2) is 0 Å². The minimum absolute atomic E-state index is 0.188. The Morgan fingerprint density at radius 1 is 0.920 bits per heavy atom. The minimum atomic E-state index is 0.188. The van der Waals surface area contributed by atoms with Crippen molar-refractivity contribution < 1.29 is 4.79 Å². The van der Waals surface area contributed by atoms with Crippen LogP contribution in [0.1, 0.15) is 31.2 Å². The van der Waals surface area contributed by atoms with Gasteiger partial charge in [-0.3, -0.25) is 4.79 Å². The number of amides is 1. The molecule has 25 heavy (non-hydrogen) atoms. The third-order valence-electron chi connectivity index (χ3n) is 5.64. The molecule has 0 aromatic heterocycles. The van der Waals surface area contributed by atoms with E-state index in [1.165, 1.54) is 0 Å². The topological polar surface area (TPSA) is 26.8 Å². The zero-order valence-corrected chi connectivity index (χ0v) is 15.6. The number of rotatable bonds is 4. The van der Waals surface area contributed by atoms with E-state index in [4.69, 9.17) is 0 Å². The summed E-state index contributed by atoms with van der Waals surface area (Å²) in [5.74, 6) is 0.188. The van der Waals surface area contributed by atoms with Gasteiger partial charge in [0.1, 0.15) is 0 Å². The summed E-state index contributed by atoms with van der Waals surface area (Å²) in [5.41, 5.74) is 1.09. The third kappa shape index (κ3) is 4.93. The molecule has 2 aliphatic rings. The first kappa shape index (κ1) is 18.2. The molecule has 2 aliphatic heterocycles. The highest BCUT2D eigenvalue weighted by Crippen LogP contribution is 2.24. The summed E-state index contributed by atoms with van der Waals surface area (Å²) >= 11 is 0. The molecule has 3 rings (SSSR count). The predicted octanol–water partition coefficient (Wildman–Crippen LogP) is 2.72. The fourth-order valence-electron chi connectivity index (χ4n) is 4.02. The van der Waals surface area contributed by atoms with Crippen LogP contribution in [-0.2, 0) is 4.79 Å². The molecule has 2 fully saturated rings. The molecule has 0 bridgehead atoms. The summed E-state index contributed by atoms with van der Waals surface area (Å²) in [7, 11) is 4.35. The van der Waals surface area contributed by atoms with Gasteiger partial charge in [-0.1, -0.05) is 30.3 Å². The Balaban J connectivity index is 1.73. The highest BCUT2D eigenvalue weighted by molar-refractivity contribution is 5.92. The zero-order valence-electron chi connectivity index (χ0n) is 15.6. The van der Waals surface area contributed by atoms with Crippen molar-refractivity contribution in [1.29, 1.82) is 0 Å². The molecular weight excluding hydrogens is 310 g/mol. The number of hydrogen-bond donors (Lipinski definition) is 0. The summed E-state index contributed by atoms with van der Waals surface area (Å²) in [6.07, 6.45) is 8.11. The molecule has 1 aromatic carbocycles. The molecule has 4 heteroatoms. The van der Waals surface area contributed by atoms with Gasteiger partial charge in [0, 0.05) is 18.2 Å². The molecule has 0 atom stereocenters. The van der Waals surface area contributed by atoms with Gasteiger partial charge in [-0.25, -0.2) is 0 Å². The molecule has 0 unspecified atom stereocenters. The van der Waals surface area contributed by atoms with E-state index in [0.717, 1.165) is 57.4 Å². The van der Waals surface area contributed by atoms with E-state index < -0.39 is 0 Å². The van der Waals surface area contributed by atoms with E-state index in [1.807, 2.05) is 36.4 Å². The van der Waals surface area contributed by atoms with E-state index in [2.05, 4.69) is 28.8 Å². The van der Waals surface area contributed by atoms with Gasteiger partial charge in [0.05, 0.1) is 0 Å². The first-order valence-electron chi connectivity index (χ1n) is 9.56. The van der Waals surface area contributed by atoms with Crippen LogP contribution in [0.3, 0.4) is 0 Å². The van der Waals surface area contributed by atoms with E-state index in [0.29, 0.717) is 12.1 Å². The Bertz CT molecular complexity index is 548. The molecule has 0 spiro atoms. The van der Waals surface area contributed by atoms with Crippen molar-refractivity contribution in [2.24, 2.45) is 0 Å². The van der Waals surface area contributed by atoms with Crippen LogP contribution in [0.4, 0.5) is 0 Å². The number of likely N-dealkylation sites (tertiary alicyclic amines) is 2. The number of hydrogen-bond acceptors (Lipinski definition) is 3. The van der Waals surface area contributed by atoms with Crippen molar-refractivity contribution >= 4 is 12.0 Å². The lowest BCUT2D eigenvalue weighted by atomic mass is 9.96. The Kier molecular flexibility index (Phi) is 6.27. The normalized spacial score (nSPS) is 21.7. The van der Waals surface area contributed by atoms with Crippen LogP contribution < -0.4 is 0 Å². The second kappa shape index (κ2) is 8.63. The SMILES string of the molecule is CN1CCC(N(C(=O)/C=C/c2ccccc2)C2CCN(C)CC2)CC1. The lowest BCUT2D eigenvalue weighted by Crippen LogP contribution is -2.53. The van der Waals surface area contributed by atoms with Gasteiger partial charge in [-0.15, -0.1) is 0 Å². The highest BCUT2D eigenvalue weighted by Gasteiger charge is 2.33. The number of carbonyl (C=O) groups excluding carboxylic acids is 1. The molecule has 2 heterocycles. The Morgan fingerprint density at radius 2 is 1.40 bits per heavy atom. The average Bonchev–Trinajstić information content (AvgIpc) is 2.64. The van der Waals surface area contributed by atoms with E-state index in [9.17, 15) is 4.79 Å². The van der Waals surface area contributed by atoms with Crippen molar-refractivity contribution in [1.82, 2.24) is 14.7 Å². The molecule has 2 saturated heterocycles. The lowest BCUT2D eigenvalue weighted by molar-refractivity contribution is -0.133. The number of carbonyl (C=O) groups is 1. The van der Waals surface area contributed by atoms with Crippen molar-refractivity contribution in [2.75, 3.05) is 40.3 Å². The monoisotopic (exact) mass is 341 g/mol. The van der Waals surface area contributed by atoms with Gasteiger partial charge in [-0.05, 0) is 77.6 Å². The van der Waals surface area contributed by atoms with Gasteiger partial charge in [0.2, 0.25) is 5.91 Å². The van der Waals surface area contributed by atoms with Crippen molar-refractivity contribution in [3.05, 3.63) is 42.0 Å². The van der Waals surface area contributed by atoms with Crippen LogP contribution in [-0.4, -0.2) is 73.0 Å². The van der Waals surface area contributed by atoms with Crippen molar-refractivity contribution in [3.63, 3.8) is 0 Å². The number of benzene rings is 1. The molecule has 0 radical (unpaired) electrons. The third-order valence-corrected chi connectivity index (χ3v) is 5.64. The fraction of sp³-hybridized carbons (Fsp3) is 0.571. The summed E-state index contributed by atoms with van der Waals surface area (Å²) in [5, 5.41) is 0. The summed E-state index contributed by atoms with van der Waals surface area (Å²) in [6, 6.07) is 10.9. The standard InChI is InChI=1S/C21H31N3O/c1-22-14-10-19(11-15-22)24(20-12-16-23(2)17-13-20)21(25)9-8-18-6-4-3-5-7-18/h3-9,19-20H,10-17H2,1-2H3/b9-8+. The van der Waals surface area contributed by atoms with Crippen LogP contribution in [0, 0.1) is 0 Å². The van der Waals surface area contributed by atoms with Gasteiger partial charge in [0.25, 0.3) is 0 Å². The van der Waals surface area contributed by atoms with Crippen LogP contribution in [0.25, 0.3) is 6.08 Å². The van der Waals surface area contributed by atoms with Crippen molar-refractivity contribution in [3.8, 4) is 0 Å². The van der Waals surface area contributed by atoms with Crippen LogP contribution >= 0.6 is 0 Å². The Hall–Kier alpha value is -1.65. The Morgan fingerprint density at radius 3 is 1.88 bits per heavy atom. The van der Waals surface area contributed by atoms with Crippen LogP contribution in [0.5, 0.6) is 0 Å². The smallest absolute Gasteiger partial charge is 0.247 e. The summed E-state index contributed by atoms with van der Waals surface area (Å²) < 4.78 is 0. The molecule has 0 saturated carbocycles. The zero-order chi connectivity index (χ0) is 17.6. The maximum absolute atomic E-state index is 13.1. The quantitative estimate of drug-likeness (QED) is 0.788. The molecule has 0 N–H and O–H groups in total. The van der Waals surface area contributed by atoms with Gasteiger partial charge in [-0.2, -0.15) is 0 Å². The molecule has 1 aromatic rings. The predicted molar refractivity (Wildman–Crippen MR) is 103 cm³/mol. The van der Waals surface area contributed by atoms with Gasteiger partial charge < -0.3 is 14.7 Å². The molecule has 136 valence electrons. The van der Waals surface area contributed by atoms with Gasteiger partial charge >= 0.3 is 0 Å². The maximum atomic E-state index is 13.1. The summed E-state index contributed by atoms with van der Waals surface area (Å²) in [4.78, 5) is 20.0. The Labute approximate surface area is 152 Å². The lowest BCUT2D eigenvalue weighted by Gasteiger charge is -2.44. The molecule has 4 nitrogen and oxygen atoms in total. The summed E-state index contributed by atoms with van der Waals surface area (Å²) in [6.45, 7) is 4.35. The molecular formula is C21H31N3O. The van der Waals surface area contributed by atoms with Crippen LogP contribution in [0.15, 0.2) is 36.4 Å². The number of piperidine rings is 2. The fourth-order valence-corrected chi connectivity index (χ4v) is 4.02. The highest BCUT2D eigenvalue weighted by atomic mass is 16.2. The minimum Gasteiger partial charge on any atom is -0.333 e. The van der Waals surface area contributed by atoms with Crippen LogP contribution in [0.2, 0.25) is 0 Å². The first-order valence-corrected chi connectivity index (χ1v) is 9.56.